The molecule has 0 aliphatic carbocycles. The van der Waals surface area contributed by atoms with E-state index in [1.165, 1.54) is 21.9 Å². The second-order valence-corrected chi connectivity index (χ2v) is 4.37. The number of rotatable bonds is 2. The zero-order chi connectivity index (χ0) is 12.4. The van der Waals surface area contributed by atoms with Gasteiger partial charge in [-0.25, -0.2) is 0 Å². The van der Waals surface area contributed by atoms with Gasteiger partial charge in [0.05, 0.1) is 0 Å². The molecule has 87 valence electrons. The van der Waals surface area contributed by atoms with Crippen LogP contribution in [0.3, 0.4) is 0 Å². The second kappa shape index (κ2) is 6.21. The molecule has 0 aliphatic heterocycles. The molecule has 0 heterocycles. The molecular weight excluding hydrogens is 239 g/mol. The van der Waals surface area contributed by atoms with Crippen LogP contribution >= 0.6 is 0 Å². The van der Waals surface area contributed by atoms with E-state index in [1.54, 1.807) is 0 Å². The van der Waals surface area contributed by atoms with Crippen molar-refractivity contribution in [2.75, 3.05) is 0 Å². The van der Waals surface area contributed by atoms with Crippen LogP contribution in [-0.2, 0) is 0 Å². The summed E-state index contributed by atoms with van der Waals surface area (Å²) in [6, 6.07) is 25.1. The molecule has 0 saturated carbocycles. The summed E-state index contributed by atoms with van der Waals surface area (Å²) in [6.07, 6.45) is 0. The van der Waals surface area contributed by atoms with Gasteiger partial charge in [-0.2, -0.15) is 0 Å². The molecule has 0 aliphatic rings. The standard InChI is InChI=1S/C18H14.Na/c1-14(15-8-3-2-4-9-15)17-13-7-11-16-10-5-6-12-18(16)17;/h2-13H,1H2;. The SMILES string of the molecule is C=C(c1ccccc1)c1cccc2ccccc12.[Na]. The van der Waals surface area contributed by atoms with Crippen molar-refractivity contribution in [1.82, 2.24) is 0 Å². The normalized spacial score (nSPS) is 9.89. The minimum Gasteiger partial charge on any atom is -0.0905 e. The average Bonchev–Trinajstić information content (AvgIpc) is 2.47. The summed E-state index contributed by atoms with van der Waals surface area (Å²) in [7, 11) is 0. The number of fused-ring (bicyclic) bond motifs is 1. The van der Waals surface area contributed by atoms with Crippen molar-refractivity contribution >= 4 is 45.9 Å². The maximum Gasteiger partial charge on any atom is 0 e. The molecule has 3 rings (SSSR count). The predicted molar refractivity (Wildman–Crippen MR) is 84.3 cm³/mol. The first-order chi connectivity index (χ1) is 8.86. The minimum absolute atomic E-state index is 0. The Morgan fingerprint density at radius 3 is 2.11 bits per heavy atom. The van der Waals surface area contributed by atoms with Gasteiger partial charge in [0.15, 0.2) is 0 Å². The molecule has 3 aromatic carbocycles. The summed E-state index contributed by atoms with van der Waals surface area (Å²) in [5.41, 5.74) is 3.46. The maximum atomic E-state index is 4.25. The molecule has 0 unspecified atom stereocenters. The third-order valence-corrected chi connectivity index (χ3v) is 3.24. The van der Waals surface area contributed by atoms with Gasteiger partial charge in [0.25, 0.3) is 0 Å². The van der Waals surface area contributed by atoms with E-state index >= 15 is 0 Å². The Morgan fingerprint density at radius 1 is 0.684 bits per heavy atom. The van der Waals surface area contributed by atoms with Crippen molar-refractivity contribution in [2.45, 2.75) is 0 Å². The van der Waals surface area contributed by atoms with Crippen molar-refractivity contribution in [3.05, 3.63) is 90.5 Å². The molecule has 0 spiro atoms. The molecular formula is C18H14Na. The molecule has 1 radical (unpaired) electrons. The van der Waals surface area contributed by atoms with Crippen LogP contribution < -0.4 is 0 Å². The summed E-state index contributed by atoms with van der Waals surface area (Å²) >= 11 is 0. The van der Waals surface area contributed by atoms with Gasteiger partial charge in [-0.1, -0.05) is 79.4 Å². The van der Waals surface area contributed by atoms with Gasteiger partial charge >= 0.3 is 0 Å². The largest absolute Gasteiger partial charge is 0.0905 e. The molecule has 0 nitrogen and oxygen atoms in total. The van der Waals surface area contributed by atoms with Crippen LogP contribution in [0, 0.1) is 0 Å². The molecule has 0 amide bonds. The molecule has 19 heavy (non-hydrogen) atoms. The van der Waals surface area contributed by atoms with Crippen LogP contribution in [0.25, 0.3) is 16.3 Å². The number of hydrogen-bond acceptors (Lipinski definition) is 0. The van der Waals surface area contributed by atoms with Gasteiger partial charge < -0.3 is 0 Å². The molecule has 0 N–H and O–H groups in total. The van der Waals surface area contributed by atoms with Crippen LogP contribution in [0.2, 0.25) is 0 Å². The van der Waals surface area contributed by atoms with E-state index in [0.29, 0.717) is 0 Å². The fourth-order valence-electron chi connectivity index (χ4n) is 2.28. The zero-order valence-corrected chi connectivity index (χ0v) is 13.1. The van der Waals surface area contributed by atoms with Crippen molar-refractivity contribution in [3.63, 3.8) is 0 Å². The van der Waals surface area contributed by atoms with Crippen LogP contribution in [0.1, 0.15) is 11.1 Å². The first-order valence-electron chi connectivity index (χ1n) is 6.09. The van der Waals surface area contributed by atoms with E-state index < -0.39 is 0 Å². The average molecular weight is 253 g/mol. The zero-order valence-electron chi connectivity index (χ0n) is 11.1. The van der Waals surface area contributed by atoms with Gasteiger partial charge in [-0.05, 0) is 27.5 Å². The van der Waals surface area contributed by atoms with E-state index in [0.717, 1.165) is 5.57 Å². The van der Waals surface area contributed by atoms with Crippen molar-refractivity contribution < 1.29 is 0 Å². The Labute approximate surface area is 136 Å². The van der Waals surface area contributed by atoms with E-state index in [-0.39, 0.29) is 29.6 Å². The second-order valence-electron chi connectivity index (χ2n) is 4.37. The molecule has 1 heteroatoms. The van der Waals surface area contributed by atoms with Crippen LogP contribution in [0.15, 0.2) is 79.4 Å². The summed E-state index contributed by atoms with van der Waals surface area (Å²) in [6.45, 7) is 4.25. The van der Waals surface area contributed by atoms with E-state index in [2.05, 4.69) is 61.2 Å². The first-order valence-corrected chi connectivity index (χ1v) is 6.09. The first kappa shape index (κ1) is 14.1. The van der Waals surface area contributed by atoms with Crippen molar-refractivity contribution in [1.29, 1.82) is 0 Å². The Kier molecular flexibility index (Phi) is 4.60. The maximum absolute atomic E-state index is 4.25. The monoisotopic (exact) mass is 253 g/mol. The van der Waals surface area contributed by atoms with Gasteiger partial charge in [0, 0.05) is 29.6 Å². The van der Waals surface area contributed by atoms with Crippen molar-refractivity contribution in [2.24, 2.45) is 0 Å². The Balaban J connectivity index is 0.00000133. The molecule has 0 saturated heterocycles. The van der Waals surface area contributed by atoms with Gasteiger partial charge in [-0.3, -0.25) is 0 Å². The number of hydrogen-bond donors (Lipinski definition) is 0. The molecule has 3 aromatic rings. The van der Waals surface area contributed by atoms with Crippen LogP contribution in [0.5, 0.6) is 0 Å². The number of benzene rings is 3. The Morgan fingerprint density at radius 2 is 1.32 bits per heavy atom. The predicted octanol–water partition coefficient (Wildman–Crippen LogP) is 4.52. The summed E-state index contributed by atoms with van der Waals surface area (Å²) in [5, 5.41) is 2.51. The Hall–Kier alpha value is -1.34. The Bertz CT molecular complexity index is 694. The van der Waals surface area contributed by atoms with E-state index in [9.17, 15) is 0 Å². The topological polar surface area (TPSA) is 0 Å². The van der Waals surface area contributed by atoms with Crippen molar-refractivity contribution in [3.8, 4) is 0 Å². The van der Waals surface area contributed by atoms with Gasteiger partial charge in [0.1, 0.15) is 0 Å². The van der Waals surface area contributed by atoms with Crippen LogP contribution in [-0.4, -0.2) is 29.6 Å². The molecule has 0 bridgehead atoms. The molecule has 0 aromatic heterocycles. The summed E-state index contributed by atoms with van der Waals surface area (Å²) in [4.78, 5) is 0. The third kappa shape index (κ3) is 2.82. The van der Waals surface area contributed by atoms with Crippen LogP contribution in [0.4, 0.5) is 0 Å². The summed E-state index contributed by atoms with van der Waals surface area (Å²) < 4.78 is 0. The van der Waals surface area contributed by atoms with E-state index in [4.69, 9.17) is 0 Å². The fraction of sp³-hybridized carbons (Fsp3) is 0. The van der Waals surface area contributed by atoms with Gasteiger partial charge in [-0.15, -0.1) is 0 Å². The third-order valence-electron chi connectivity index (χ3n) is 3.24. The quantitative estimate of drug-likeness (QED) is 0.589. The van der Waals surface area contributed by atoms with Gasteiger partial charge in [0.2, 0.25) is 0 Å². The smallest absolute Gasteiger partial charge is 0 e. The fourth-order valence-corrected chi connectivity index (χ4v) is 2.28. The molecule has 0 atom stereocenters. The summed E-state index contributed by atoms with van der Waals surface area (Å²) in [5.74, 6) is 0. The minimum atomic E-state index is 0. The van der Waals surface area contributed by atoms with E-state index in [1.807, 2.05) is 18.2 Å². The molecule has 0 fully saturated rings.